The first kappa shape index (κ1) is 17.7. The molecule has 1 amide bonds. The summed E-state index contributed by atoms with van der Waals surface area (Å²) in [6.07, 6.45) is 2.16. The molecule has 0 unspecified atom stereocenters. The van der Waals surface area contributed by atoms with E-state index in [-0.39, 0.29) is 17.8 Å². The summed E-state index contributed by atoms with van der Waals surface area (Å²) >= 11 is 1.46. The molecule has 0 saturated carbocycles. The lowest BCUT2D eigenvalue weighted by atomic mass is 10.2. The van der Waals surface area contributed by atoms with Gasteiger partial charge in [0.05, 0.1) is 22.3 Å². The molecule has 0 aliphatic heterocycles. The van der Waals surface area contributed by atoms with Crippen LogP contribution in [0.2, 0.25) is 0 Å². The van der Waals surface area contributed by atoms with Crippen LogP contribution in [0.1, 0.15) is 17.4 Å². The molecule has 134 valence electrons. The number of carbonyl (C=O) groups is 1. The van der Waals surface area contributed by atoms with Crippen molar-refractivity contribution >= 4 is 38.8 Å². The fraction of sp³-hybridized carbons (Fsp3) is 0.235. The number of rotatable bonds is 5. The van der Waals surface area contributed by atoms with Gasteiger partial charge in [-0.1, -0.05) is 13.0 Å². The van der Waals surface area contributed by atoms with Crippen molar-refractivity contribution in [2.24, 2.45) is 0 Å². The van der Waals surface area contributed by atoms with Crippen molar-refractivity contribution in [2.45, 2.75) is 26.8 Å². The van der Waals surface area contributed by atoms with E-state index in [2.05, 4.69) is 10.3 Å². The lowest BCUT2D eigenvalue weighted by Crippen LogP contribution is -2.27. The second-order valence-electron chi connectivity index (χ2n) is 5.77. The molecule has 0 atom stereocenters. The number of non-ortho nitro benzene ring substituents is 1. The number of hydrogen-bond acceptors (Lipinski definition) is 6. The van der Waals surface area contributed by atoms with Gasteiger partial charge in [0.15, 0.2) is 0 Å². The number of thiophene rings is 1. The van der Waals surface area contributed by atoms with E-state index in [9.17, 15) is 19.7 Å². The Morgan fingerprint density at radius 1 is 1.38 bits per heavy atom. The minimum Gasteiger partial charge on any atom is -0.324 e. The molecule has 2 aromatic heterocycles. The molecular weight excluding hydrogens is 356 g/mol. The summed E-state index contributed by atoms with van der Waals surface area (Å²) < 4.78 is 1.23. The maximum Gasteiger partial charge on any atom is 0.271 e. The molecule has 1 N–H and O–H groups in total. The number of aromatic nitrogens is 2. The third-order valence-corrected chi connectivity index (χ3v) is 5.13. The molecule has 3 rings (SSSR count). The zero-order valence-corrected chi connectivity index (χ0v) is 15.0. The van der Waals surface area contributed by atoms with E-state index in [0.29, 0.717) is 21.5 Å². The third kappa shape index (κ3) is 3.47. The Morgan fingerprint density at radius 3 is 2.85 bits per heavy atom. The lowest BCUT2D eigenvalue weighted by molar-refractivity contribution is -0.384. The predicted molar refractivity (Wildman–Crippen MR) is 99.7 cm³/mol. The van der Waals surface area contributed by atoms with Gasteiger partial charge in [0.25, 0.3) is 11.2 Å². The van der Waals surface area contributed by atoms with E-state index in [4.69, 9.17) is 0 Å². The first-order valence-corrected chi connectivity index (χ1v) is 8.73. The van der Waals surface area contributed by atoms with Gasteiger partial charge in [-0.05, 0) is 25.0 Å². The molecule has 8 nitrogen and oxygen atoms in total. The van der Waals surface area contributed by atoms with Crippen molar-refractivity contribution in [1.82, 2.24) is 9.55 Å². The van der Waals surface area contributed by atoms with Crippen LogP contribution in [-0.4, -0.2) is 20.4 Å². The first-order valence-electron chi connectivity index (χ1n) is 7.91. The van der Waals surface area contributed by atoms with E-state index < -0.39 is 10.8 Å². The molecule has 0 bridgehead atoms. The predicted octanol–water partition coefficient (Wildman–Crippen LogP) is 2.88. The Kier molecular flexibility index (Phi) is 4.81. The van der Waals surface area contributed by atoms with E-state index in [1.807, 2.05) is 6.92 Å². The molecule has 9 heteroatoms. The summed E-state index contributed by atoms with van der Waals surface area (Å²) in [7, 11) is 0. The highest BCUT2D eigenvalue weighted by molar-refractivity contribution is 7.18. The number of fused-ring (bicyclic) bond motifs is 1. The van der Waals surface area contributed by atoms with Gasteiger partial charge >= 0.3 is 0 Å². The van der Waals surface area contributed by atoms with E-state index in [1.165, 1.54) is 34.4 Å². The Labute approximate surface area is 152 Å². The Bertz CT molecular complexity index is 1070. The SMILES string of the molecule is CCc1cc2c(=O)n(CC(=O)Nc3cc([N+](=O)[O-])ccc3C)cnc2s1. The van der Waals surface area contributed by atoms with Gasteiger partial charge in [-0.25, -0.2) is 4.98 Å². The standard InChI is InChI=1S/C17H16N4O4S/c1-3-12-7-13-16(26-12)18-9-20(17(13)23)8-15(22)19-14-6-11(21(24)25)5-4-10(14)2/h4-7,9H,3,8H2,1-2H3,(H,19,22). The molecular formula is C17H16N4O4S. The van der Waals surface area contributed by atoms with Crippen LogP contribution in [-0.2, 0) is 17.8 Å². The van der Waals surface area contributed by atoms with Crippen LogP contribution in [0.5, 0.6) is 0 Å². The molecule has 0 aliphatic rings. The second kappa shape index (κ2) is 7.04. The average molecular weight is 372 g/mol. The zero-order chi connectivity index (χ0) is 18.8. The Morgan fingerprint density at radius 2 is 2.15 bits per heavy atom. The Hall–Kier alpha value is -3.07. The third-order valence-electron chi connectivity index (χ3n) is 3.94. The van der Waals surface area contributed by atoms with Gasteiger partial charge in [0.1, 0.15) is 11.4 Å². The molecule has 0 radical (unpaired) electrons. The summed E-state index contributed by atoms with van der Waals surface area (Å²) in [6, 6.07) is 6.03. The number of nitrogens with zero attached hydrogens (tertiary/aromatic N) is 3. The van der Waals surface area contributed by atoms with Crippen LogP contribution in [0.3, 0.4) is 0 Å². The van der Waals surface area contributed by atoms with Gasteiger partial charge in [0.2, 0.25) is 5.91 Å². The maximum absolute atomic E-state index is 12.5. The first-order chi connectivity index (χ1) is 12.4. The number of hydrogen-bond donors (Lipinski definition) is 1. The number of benzene rings is 1. The number of nitro groups is 1. The van der Waals surface area contributed by atoms with Crippen LogP contribution in [0.15, 0.2) is 35.4 Å². The van der Waals surface area contributed by atoms with Crippen LogP contribution >= 0.6 is 11.3 Å². The van der Waals surface area contributed by atoms with E-state index >= 15 is 0 Å². The largest absolute Gasteiger partial charge is 0.324 e. The number of aryl methyl sites for hydroxylation is 2. The van der Waals surface area contributed by atoms with Crippen LogP contribution in [0, 0.1) is 17.0 Å². The molecule has 3 aromatic rings. The highest BCUT2D eigenvalue weighted by Gasteiger charge is 2.14. The normalized spacial score (nSPS) is 10.8. The van der Waals surface area contributed by atoms with Crippen LogP contribution in [0.25, 0.3) is 10.2 Å². The van der Waals surface area contributed by atoms with Crippen molar-refractivity contribution in [3.63, 3.8) is 0 Å². The zero-order valence-electron chi connectivity index (χ0n) is 14.2. The fourth-order valence-corrected chi connectivity index (χ4v) is 3.42. The molecule has 0 saturated heterocycles. The topological polar surface area (TPSA) is 107 Å². The van der Waals surface area contributed by atoms with Gasteiger partial charge in [-0.15, -0.1) is 11.3 Å². The summed E-state index contributed by atoms with van der Waals surface area (Å²) in [6.45, 7) is 3.51. The quantitative estimate of drug-likeness (QED) is 0.547. The molecule has 0 fully saturated rings. The second-order valence-corrected chi connectivity index (χ2v) is 6.88. The van der Waals surface area contributed by atoms with Crippen LogP contribution in [0.4, 0.5) is 11.4 Å². The summed E-state index contributed by atoms with van der Waals surface area (Å²) in [5, 5.41) is 14.0. The monoisotopic (exact) mass is 372 g/mol. The van der Waals surface area contributed by atoms with E-state index in [0.717, 1.165) is 11.3 Å². The average Bonchev–Trinajstić information content (AvgIpc) is 3.03. The lowest BCUT2D eigenvalue weighted by Gasteiger charge is -2.09. The molecule has 0 aliphatic carbocycles. The van der Waals surface area contributed by atoms with Crippen molar-refractivity contribution in [3.8, 4) is 0 Å². The summed E-state index contributed by atoms with van der Waals surface area (Å²) in [5.74, 6) is -0.456. The van der Waals surface area contributed by atoms with Crippen molar-refractivity contribution in [1.29, 1.82) is 0 Å². The highest BCUT2D eigenvalue weighted by Crippen LogP contribution is 2.22. The minimum absolute atomic E-state index is 0.114. The molecule has 1 aromatic carbocycles. The maximum atomic E-state index is 12.5. The van der Waals surface area contributed by atoms with Gasteiger partial charge in [-0.2, -0.15) is 0 Å². The number of anilines is 1. The van der Waals surface area contributed by atoms with Crippen molar-refractivity contribution in [2.75, 3.05) is 5.32 Å². The number of amides is 1. The number of nitrogens with one attached hydrogen (secondary N) is 1. The van der Waals surface area contributed by atoms with E-state index in [1.54, 1.807) is 19.1 Å². The number of nitro benzene ring substituents is 1. The fourth-order valence-electron chi connectivity index (χ4n) is 2.50. The van der Waals surface area contributed by atoms with Gasteiger partial charge in [0, 0.05) is 17.0 Å². The summed E-state index contributed by atoms with van der Waals surface area (Å²) in [5.41, 5.74) is 0.638. The molecule has 2 heterocycles. The summed E-state index contributed by atoms with van der Waals surface area (Å²) in [4.78, 5) is 41.1. The Balaban J connectivity index is 1.83. The van der Waals surface area contributed by atoms with Crippen molar-refractivity contribution < 1.29 is 9.72 Å². The number of carbonyl (C=O) groups excluding carboxylic acids is 1. The smallest absolute Gasteiger partial charge is 0.271 e. The molecule has 26 heavy (non-hydrogen) atoms. The highest BCUT2D eigenvalue weighted by atomic mass is 32.1. The van der Waals surface area contributed by atoms with Gasteiger partial charge < -0.3 is 5.32 Å². The van der Waals surface area contributed by atoms with Crippen molar-refractivity contribution in [3.05, 3.63) is 61.5 Å². The van der Waals surface area contributed by atoms with Gasteiger partial charge in [-0.3, -0.25) is 24.3 Å². The molecule has 0 spiro atoms. The minimum atomic E-state index is -0.528. The van der Waals surface area contributed by atoms with Crippen LogP contribution < -0.4 is 10.9 Å².